The number of urea groups is 1. The van der Waals surface area contributed by atoms with Gasteiger partial charge < -0.3 is 19.5 Å². The van der Waals surface area contributed by atoms with Gasteiger partial charge in [0.05, 0.1) is 12.8 Å². The maximum atomic E-state index is 11.8. The zero-order valence-corrected chi connectivity index (χ0v) is 10.2. The van der Waals surface area contributed by atoms with Gasteiger partial charge in [-0.1, -0.05) is 6.92 Å². The molecule has 1 N–H and O–H groups in total. The third-order valence-corrected chi connectivity index (χ3v) is 3.10. The molecule has 2 heterocycles. The largest absolute Gasteiger partial charge is 0.467 e. The number of carbonyl (C=O) groups excluding carboxylic acids is 1. The molecule has 1 aliphatic rings. The number of amides is 2. The van der Waals surface area contributed by atoms with E-state index in [4.69, 9.17) is 4.42 Å². The van der Waals surface area contributed by atoms with E-state index in [1.807, 2.05) is 17.0 Å². The van der Waals surface area contributed by atoms with Gasteiger partial charge in [-0.25, -0.2) is 4.79 Å². The number of hydrogen-bond donors (Lipinski definition) is 1. The van der Waals surface area contributed by atoms with Crippen molar-refractivity contribution >= 4 is 6.03 Å². The normalized spacial score (nSPS) is 17.1. The third-order valence-electron chi connectivity index (χ3n) is 3.10. The highest BCUT2D eigenvalue weighted by Crippen LogP contribution is 2.03. The van der Waals surface area contributed by atoms with E-state index in [-0.39, 0.29) is 6.03 Å². The summed E-state index contributed by atoms with van der Waals surface area (Å²) in [6.07, 6.45) is 1.61. The molecule has 94 valence electrons. The Bertz CT molecular complexity index is 343. The lowest BCUT2D eigenvalue weighted by Gasteiger charge is -2.33. The average molecular weight is 237 g/mol. The molecule has 1 aromatic rings. The van der Waals surface area contributed by atoms with Crippen LogP contribution < -0.4 is 5.32 Å². The van der Waals surface area contributed by atoms with Crippen LogP contribution in [-0.4, -0.2) is 48.6 Å². The number of nitrogens with zero attached hydrogens (tertiary/aromatic N) is 2. The number of rotatable bonds is 3. The van der Waals surface area contributed by atoms with E-state index in [9.17, 15) is 4.79 Å². The van der Waals surface area contributed by atoms with Gasteiger partial charge in [0.1, 0.15) is 5.76 Å². The average Bonchev–Trinajstić information content (AvgIpc) is 2.89. The molecule has 2 amide bonds. The van der Waals surface area contributed by atoms with Crippen molar-refractivity contribution in [2.75, 3.05) is 32.7 Å². The van der Waals surface area contributed by atoms with Crippen LogP contribution >= 0.6 is 0 Å². The Morgan fingerprint density at radius 3 is 2.76 bits per heavy atom. The summed E-state index contributed by atoms with van der Waals surface area (Å²) >= 11 is 0. The first kappa shape index (κ1) is 12.0. The quantitative estimate of drug-likeness (QED) is 0.857. The summed E-state index contributed by atoms with van der Waals surface area (Å²) in [5.74, 6) is 0.783. The number of furan rings is 1. The van der Waals surface area contributed by atoms with Crippen molar-refractivity contribution in [1.29, 1.82) is 0 Å². The second-order valence-electron chi connectivity index (χ2n) is 4.16. The summed E-state index contributed by atoms with van der Waals surface area (Å²) in [5.41, 5.74) is 0. The highest BCUT2D eigenvalue weighted by molar-refractivity contribution is 5.74. The maximum absolute atomic E-state index is 11.8. The molecule has 1 aliphatic heterocycles. The zero-order valence-electron chi connectivity index (χ0n) is 10.2. The number of piperazine rings is 1. The number of likely N-dealkylation sites (N-methyl/N-ethyl adjacent to an activating group) is 1. The number of hydrogen-bond acceptors (Lipinski definition) is 3. The Balaban J connectivity index is 1.73. The summed E-state index contributed by atoms with van der Waals surface area (Å²) in [7, 11) is 0. The molecule has 1 saturated heterocycles. The smallest absolute Gasteiger partial charge is 0.317 e. The molecule has 0 unspecified atom stereocenters. The topological polar surface area (TPSA) is 48.7 Å². The van der Waals surface area contributed by atoms with Crippen molar-refractivity contribution in [3.8, 4) is 0 Å². The van der Waals surface area contributed by atoms with Crippen LogP contribution in [0, 0.1) is 0 Å². The second kappa shape index (κ2) is 5.72. The number of carbonyl (C=O) groups is 1. The minimum Gasteiger partial charge on any atom is -0.467 e. The van der Waals surface area contributed by atoms with E-state index >= 15 is 0 Å². The molecule has 5 nitrogen and oxygen atoms in total. The summed E-state index contributed by atoms with van der Waals surface area (Å²) < 4.78 is 5.16. The molecule has 0 radical (unpaired) electrons. The van der Waals surface area contributed by atoms with Gasteiger partial charge >= 0.3 is 6.03 Å². The van der Waals surface area contributed by atoms with Gasteiger partial charge in [-0.3, -0.25) is 0 Å². The summed E-state index contributed by atoms with van der Waals surface area (Å²) in [6.45, 7) is 7.19. The molecule has 1 fully saturated rings. The lowest BCUT2D eigenvalue weighted by Crippen LogP contribution is -2.51. The molecule has 5 heteroatoms. The lowest BCUT2D eigenvalue weighted by atomic mass is 10.3. The molecule has 0 atom stereocenters. The molecular weight excluding hydrogens is 218 g/mol. The Morgan fingerprint density at radius 1 is 1.41 bits per heavy atom. The minimum absolute atomic E-state index is 0.00264. The van der Waals surface area contributed by atoms with Crippen LogP contribution in [0.2, 0.25) is 0 Å². The Hall–Kier alpha value is -1.49. The van der Waals surface area contributed by atoms with Gasteiger partial charge in [0.25, 0.3) is 0 Å². The molecule has 1 aromatic heterocycles. The second-order valence-corrected chi connectivity index (χ2v) is 4.16. The first-order valence-electron chi connectivity index (χ1n) is 6.07. The fourth-order valence-electron chi connectivity index (χ4n) is 1.95. The predicted octanol–water partition coefficient (Wildman–Crippen LogP) is 1.13. The Kier molecular flexibility index (Phi) is 4.03. The molecule has 2 rings (SSSR count). The van der Waals surface area contributed by atoms with Crippen LogP contribution in [0.4, 0.5) is 4.79 Å². The molecule has 0 saturated carbocycles. The molecular formula is C12H19N3O2. The highest BCUT2D eigenvalue weighted by atomic mass is 16.3. The first-order valence-corrected chi connectivity index (χ1v) is 6.07. The minimum atomic E-state index is -0.00264. The predicted molar refractivity (Wildman–Crippen MR) is 64.6 cm³/mol. The fourth-order valence-corrected chi connectivity index (χ4v) is 1.95. The van der Waals surface area contributed by atoms with Gasteiger partial charge in [0, 0.05) is 26.2 Å². The van der Waals surface area contributed by atoms with E-state index in [0.29, 0.717) is 6.54 Å². The maximum Gasteiger partial charge on any atom is 0.317 e. The summed E-state index contributed by atoms with van der Waals surface area (Å²) in [6, 6.07) is 3.67. The fraction of sp³-hybridized carbons (Fsp3) is 0.583. The van der Waals surface area contributed by atoms with Crippen molar-refractivity contribution in [2.24, 2.45) is 0 Å². The molecule has 0 aromatic carbocycles. The van der Waals surface area contributed by atoms with Crippen molar-refractivity contribution in [3.63, 3.8) is 0 Å². The SMILES string of the molecule is CCN1CCN(C(=O)NCc2ccco2)CC1. The summed E-state index contributed by atoms with van der Waals surface area (Å²) in [4.78, 5) is 16.0. The van der Waals surface area contributed by atoms with Crippen LogP contribution in [0.3, 0.4) is 0 Å². The lowest BCUT2D eigenvalue weighted by molar-refractivity contribution is 0.142. The summed E-state index contributed by atoms with van der Waals surface area (Å²) in [5, 5.41) is 2.86. The van der Waals surface area contributed by atoms with Crippen LogP contribution in [-0.2, 0) is 6.54 Å². The van der Waals surface area contributed by atoms with Crippen LogP contribution in [0.15, 0.2) is 22.8 Å². The van der Waals surface area contributed by atoms with E-state index in [2.05, 4.69) is 17.1 Å². The van der Waals surface area contributed by atoms with Gasteiger partial charge in [-0.15, -0.1) is 0 Å². The van der Waals surface area contributed by atoms with Crippen molar-refractivity contribution in [1.82, 2.24) is 15.1 Å². The van der Waals surface area contributed by atoms with E-state index in [1.165, 1.54) is 0 Å². The Morgan fingerprint density at radius 2 is 2.18 bits per heavy atom. The molecule has 17 heavy (non-hydrogen) atoms. The highest BCUT2D eigenvalue weighted by Gasteiger charge is 2.19. The molecule has 0 spiro atoms. The van der Waals surface area contributed by atoms with E-state index < -0.39 is 0 Å². The van der Waals surface area contributed by atoms with E-state index in [0.717, 1.165) is 38.5 Å². The molecule has 0 aliphatic carbocycles. The van der Waals surface area contributed by atoms with Crippen LogP contribution in [0.5, 0.6) is 0 Å². The van der Waals surface area contributed by atoms with Gasteiger partial charge in [-0.2, -0.15) is 0 Å². The molecule has 0 bridgehead atoms. The third kappa shape index (κ3) is 3.23. The van der Waals surface area contributed by atoms with Gasteiger partial charge in [0.2, 0.25) is 0 Å². The van der Waals surface area contributed by atoms with Gasteiger partial charge in [-0.05, 0) is 18.7 Å². The zero-order chi connectivity index (χ0) is 12.1. The Labute approximate surface area is 101 Å². The van der Waals surface area contributed by atoms with Crippen molar-refractivity contribution < 1.29 is 9.21 Å². The standard InChI is InChI=1S/C12H19N3O2/c1-2-14-5-7-15(8-6-14)12(16)13-10-11-4-3-9-17-11/h3-4,9H,2,5-8,10H2,1H3,(H,13,16). The monoisotopic (exact) mass is 237 g/mol. The van der Waals surface area contributed by atoms with Gasteiger partial charge in [0.15, 0.2) is 0 Å². The van der Waals surface area contributed by atoms with Crippen molar-refractivity contribution in [3.05, 3.63) is 24.2 Å². The van der Waals surface area contributed by atoms with Crippen LogP contribution in [0.25, 0.3) is 0 Å². The van der Waals surface area contributed by atoms with Crippen molar-refractivity contribution in [2.45, 2.75) is 13.5 Å². The number of nitrogens with one attached hydrogen (secondary N) is 1. The van der Waals surface area contributed by atoms with E-state index in [1.54, 1.807) is 6.26 Å². The first-order chi connectivity index (χ1) is 8.29. The van der Waals surface area contributed by atoms with Crippen LogP contribution in [0.1, 0.15) is 12.7 Å².